The number of halogens is 2. The SMILES string of the molecule is NCC(O)c1c(Cl)ccc(OCCO)c1Br. The lowest BCUT2D eigenvalue weighted by Gasteiger charge is -2.15. The summed E-state index contributed by atoms with van der Waals surface area (Å²) < 4.78 is 5.83. The van der Waals surface area contributed by atoms with E-state index < -0.39 is 6.10 Å². The van der Waals surface area contributed by atoms with Crippen LogP contribution in [0.25, 0.3) is 0 Å². The van der Waals surface area contributed by atoms with E-state index in [9.17, 15) is 5.11 Å². The molecule has 4 N–H and O–H groups in total. The molecule has 1 aromatic carbocycles. The molecule has 1 unspecified atom stereocenters. The van der Waals surface area contributed by atoms with E-state index in [0.29, 0.717) is 20.8 Å². The van der Waals surface area contributed by atoms with E-state index in [1.165, 1.54) is 0 Å². The van der Waals surface area contributed by atoms with E-state index in [2.05, 4.69) is 15.9 Å². The third kappa shape index (κ3) is 3.09. The van der Waals surface area contributed by atoms with E-state index in [0.717, 1.165) is 0 Å². The Hall–Kier alpha value is -0.330. The van der Waals surface area contributed by atoms with Crippen molar-refractivity contribution in [3.8, 4) is 5.75 Å². The predicted octanol–water partition coefficient (Wildman–Crippen LogP) is 1.47. The molecular weight excluding hydrogens is 297 g/mol. The van der Waals surface area contributed by atoms with Crippen LogP contribution in [0.1, 0.15) is 11.7 Å². The van der Waals surface area contributed by atoms with E-state index in [1.807, 2.05) is 0 Å². The van der Waals surface area contributed by atoms with Crippen LogP contribution in [0.15, 0.2) is 16.6 Å². The summed E-state index contributed by atoms with van der Waals surface area (Å²) in [7, 11) is 0. The monoisotopic (exact) mass is 309 g/mol. The number of hydrogen-bond donors (Lipinski definition) is 3. The van der Waals surface area contributed by atoms with Gasteiger partial charge in [-0.2, -0.15) is 0 Å². The van der Waals surface area contributed by atoms with Gasteiger partial charge < -0.3 is 20.7 Å². The van der Waals surface area contributed by atoms with Gasteiger partial charge in [-0.1, -0.05) is 11.6 Å². The number of rotatable bonds is 5. The van der Waals surface area contributed by atoms with Crippen LogP contribution in [0.4, 0.5) is 0 Å². The Morgan fingerprint density at radius 1 is 1.50 bits per heavy atom. The molecule has 0 bridgehead atoms. The summed E-state index contributed by atoms with van der Waals surface area (Å²) in [4.78, 5) is 0. The van der Waals surface area contributed by atoms with Gasteiger partial charge >= 0.3 is 0 Å². The van der Waals surface area contributed by atoms with Gasteiger partial charge in [-0.15, -0.1) is 0 Å². The van der Waals surface area contributed by atoms with Crippen LogP contribution in [0.3, 0.4) is 0 Å². The molecule has 1 rings (SSSR count). The van der Waals surface area contributed by atoms with Crippen molar-refractivity contribution in [2.45, 2.75) is 6.10 Å². The van der Waals surface area contributed by atoms with Crippen molar-refractivity contribution in [3.63, 3.8) is 0 Å². The summed E-state index contributed by atoms with van der Waals surface area (Å²) in [6.45, 7) is 0.171. The summed E-state index contributed by atoms with van der Waals surface area (Å²) in [6.07, 6.45) is -0.848. The van der Waals surface area contributed by atoms with Crippen LogP contribution in [-0.2, 0) is 0 Å². The molecule has 90 valence electrons. The zero-order valence-electron chi connectivity index (χ0n) is 8.49. The molecule has 0 saturated carbocycles. The molecule has 0 heterocycles. The van der Waals surface area contributed by atoms with Gasteiger partial charge in [0.25, 0.3) is 0 Å². The first-order valence-corrected chi connectivity index (χ1v) is 5.88. The summed E-state index contributed by atoms with van der Waals surface area (Å²) >= 11 is 9.26. The molecule has 0 aromatic heterocycles. The van der Waals surface area contributed by atoms with Gasteiger partial charge in [0, 0.05) is 17.1 Å². The van der Waals surface area contributed by atoms with Crippen molar-refractivity contribution in [2.24, 2.45) is 5.73 Å². The molecule has 0 spiro atoms. The van der Waals surface area contributed by atoms with Crippen molar-refractivity contribution in [3.05, 3.63) is 27.2 Å². The lowest BCUT2D eigenvalue weighted by Crippen LogP contribution is -2.13. The number of benzene rings is 1. The fourth-order valence-corrected chi connectivity index (χ4v) is 2.36. The summed E-state index contributed by atoms with van der Waals surface area (Å²) in [6, 6.07) is 3.28. The molecule has 0 radical (unpaired) electrons. The summed E-state index contributed by atoms with van der Waals surface area (Å²) in [5.74, 6) is 0.515. The molecule has 16 heavy (non-hydrogen) atoms. The number of aliphatic hydroxyl groups excluding tert-OH is 2. The fraction of sp³-hybridized carbons (Fsp3) is 0.400. The smallest absolute Gasteiger partial charge is 0.134 e. The van der Waals surface area contributed by atoms with Gasteiger partial charge in [0.2, 0.25) is 0 Å². The van der Waals surface area contributed by atoms with Crippen molar-refractivity contribution in [2.75, 3.05) is 19.8 Å². The van der Waals surface area contributed by atoms with E-state index in [-0.39, 0.29) is 19.8 Å². The van der Waals surface area contributed by atoms with Crippen molar-refractivity contribution < 1.29 is 14.9 Å². The van der Waals surface area contributed by atoms with Gasteiger partial charge in [0.05, 0.1) is 17.2 Å². The lowest BCUT2D eigenvalue weighted by molar-refractivity contribution is 0.183. The van der Waals surface area contributed by atoms with Gasteiger partial charge in [0.1, 0.15) is 12.4 Å². The maximum atomic E-state index is 9.70. The first-order chi connectivity index (χ1) is 7.61. The average molecular weight is 311 g/mol. The molecule has 6 heteroatoms. The largest absolute Gasteiger partial charge is 0.490 e. The van der Waals surface area contributed by atoms with Crippen LogP contribution in [0.5, 0.6) is 5.75 Å². The summed E-state index contributed by atoms with van der Waals surface area (Å²) in [5, 5.41) is 18.8. The van der Waals surface area contributed by atoms with Crippen molar-refractivity contribution in [1.29, 1.82) is 0 Å². The second-order valence-corrected chi connectivity index (χ2v) is 4.30. The zero-order valence-corrected chi connectivity index (χ0v) is 10.8. The topological polar surface area (TPSA) is 75.7 Å². The van der Waals surface area contributed by atoms with Gasteiger partial charge in [-0.3, -0.25) is 0 Å². The molecule has 0 saturated heterocycles. The van der Waals surface area contributed by atoms with Gasteiger partial charge in [-0.25, -0.2) is 0 Å². The fourth-order valence-electron chi connectivity index (χ4n) is 1.24. The second-order valence-electron chi connectivity index (χ2n) is 3.10. The minimum absolute atomic E-state index is 0.0712. The normalized spacial score (nSPS) is 12.6. The predicted molar refractivity (Wildman–Crippen MR) is 65.7 cm³/mol. The number of ether oxygens (including phenoxy) is 1. The highest BCUT2D eigenvalue weighted by molar-refractivity contribution is 9.10. The number of aliphatic hydroxyl groups is 2. The molecule has 0 aliphatic heterocycles. The van der Waals surface area contributed by atoms with Crippen molar-refractivity contribution >= 4 is 27.5 Å². The molecule has 0 amide bonds. The first kappa shape index (κ1) is 13.7. The molecule has 1 aromatic rings. The first-order valence-electron chi connectivity index (χ1n) is 4.71. The Kier molecular flexibility index (Phi) is 5.51. The Morgan fingerprint density at radius 3 is 2.75 bits per heavy atom. The second kappa shape index (κ2) is 6.42. The van der Waals surface area contributed by atoms with Crippen LogP contribution in [-0.4, -0.2) is 30.0 Å². The maximum absolute atomic E-state index is 9.70. The Morgan fingerprint density at radius 2 is 2.19 bits per heavy atom. The average Bonchev–Trinajstić information content (AvgIpc) is 2.28. The molecular formula is C10H13BrClNO3. The Bertz CT molecular complexity index is 362. The van der Waals surface area contributed by atoms with Gasteiger partial charge in [-0.05, 0) is 28.1 Å². The quantitative estimate of drug-likeness (QED) is 0.770. The minimum Gasteiger partial charge on any atom is -0.490 e. The molecule has 1 atom stereocenters. The summed E-state index contributed by atoms with van der Waals surface area (Å²) in [5.41, 5.74) is 5.88. The number of hydrogen-bond acceptors (Lipinski definition) is 4. The highest BCUT2D eigenvalue weighted by Crippen LogP contribution is 2.37. The van der Waals surface area contributed by atoms with Crippen LogP contribution in [0, 0.1) is 0 Å². The van der Waals surface area contributed by atoms with Crippen LogP contribution < -0.4 is 10.5 Å². The number of nitrogens with two attached hydrogens (primary N) is 1. The van der Waals surface area contributed by atoms with Crippen LogP contribution >= 0.6 is 27.5 Å². The van der Waals surface area contributed by atoms with Crippen LogP contribution in [0.2, 0.25) is 5.02 Å². The standard InChI is InChI=1S/C10H13BrClNO3/c11-10-8(16-4-3-14)2-1-6(12)9(10)7(15)5-13/h1-2,7,14-15H,3-5,13H2. The van der Waals surface area contributed by atoms with E-state index in [4.69, 9.17) is 27.2 Å². The highest BCUT2D eigenvalue weighted by atomic mass is 79.9. The third-order valence-electron chi connectivity index (χ3n) is 2.00. The molecule has 0 aliphatic carbocycles. The minimum atomic E-state index is -0.848. The van der Waals surface area contributed by atoms with Crippen molar-refractivity contribution in [1.82, 2.24) is 0 Å². The van der Waals surface area contributed by atoms with E-state index in [1.54, 1.807) is 12.1 Å². The van der Waals surface area contributed by atoms with E-state index >= 15 is 0 Å². The molecule has 4 nitrogen and oxygen atoms in total. The maximum Gasteiger partial charge on any atom is 0.134 e. The highest BCUT2D eigenvalue weighted by Gasteiger charge is 2.17. The third-order valence-corrected chi connectivity index (χ3v) is 3.14. The Labute approximate surface area is 107 Å². The molecule has 0 aliphatic rings. The Balaban J connectivity index is 3.06. The lowest BCUT2D eigenvalue weighted by atomic mass is 10.1. The van der Waals surface area contributed by atoms with Gasteiger partial charge in [0.15, 0.2) is 0 Å². The zero-order chi connectivity index (χ0) is 12.1. The molecule has 0 fully saturated rings.